The molecule has 0 radical (unpaired) electrons. The smallest absolute Gasteiger partial charge is 0.263 e. The first-order chi connectivity index (χ1) is 13.6. The number of ether oxygens (including phenoxy) is 3. The van der Waals surface area contributed by atoms with Crippen molar-refractivity contribution in [1.29, 1.82) is 0 Å². The predicted molar refractivity (Wildman–Crippen MR) is 107 cm³/mol. The zero-order chi connectivity index (χ0) is 20.4. The van der Waals surface area contributed by atoms with Gasteiger partial charge in [-0.1, -0.05) is 11.2 Å². The fourth-order valence-electron chi connectivity index (χ4n) is 2.37. The number of amides is 1. The number of rotatable bonds is 10. The maximum absolute atomic E-state index is 12.2. The molecular weight excluding hydrogens is 360 g/mol. The first-order valence-electron chi connectivity index (χ1n) is 8.98. The number of nitrogens with one attached hydrogen (secondary N) is 1. The van der Waals surface area contributed by atoms with Crippen LogP contribution in [0.2, 0.25) is 0 Å². The highest BCUT2D eigenvalue weighted by Gasteiger charge is 2.14. The Bertz CT molecular complexity index is 790. The lowest BCUT2D eigenvalue weighted by atomic mass is 10.2. The Labute approximate surface area is 165 Å². The van der Waals surface area contributed by atoms with E-state index in [0.29, 0.717) is 24.7 Å². The highest BCUT2D eigenvalue weighted by atomic mass is 16.6. The summed E-state index contributed by atoms with van der Waals surface area (Å²) in [5.74, 6) is 1.78. The summed E-state index contributed by atoms with van der Waals surface area (Å²) in [6.07, 6.45) is 0.826. The summed E-state index contributed by atoms with van der Waals surface area (Å²) in [5.41, 5.74) is 1.73. The number of nitrogens with zero attached hydrogens (tertiary/aromatic N) is 1. The molecule has 0 bridgehead atoms. The average Bonchev–Trinajstić information content (AvgIpc) is 2.73. The molecule has 150 valence electrons. The number of hydrogen-bond donors (Lipinski definition) is 1. The van der Waals surface area contributed by atoms with Gasteiger partial charge in [0.05, 0.1) is 27.0 Å². The topological polar surface area (TPSA) is 78.4 Å². The summed E-state index contributed by atoms with van der Waals surface area (Å²) in [6, 6.07) is 12.9. The van der Waals surface area contributed by atoms with Gasteiger partial charge in [-0.05, 0) is 61.4 Å². The van der Waals surface area contributed by atoms with Gasteiger partial charge in [0.1, 0.15) is 5.75 Å². The fourth-order valence-corrected chi connectivity index (χ4v) is 2.37. The van der Waals surface area contributed by atoms with Crippen molar-refractivity contribution in [2.75, 3.05) is 20.8 Å². The average molecular weight is 386 g/mol. The first kappa shape index (κ1) is 21.1. The number of benzene rings is 2. The van der Waals surface area contributed by atoms with E-state index in [0.717, 1.165) is 16.9 Å². The molecular formula is C21H26N2O5. The predicted octanol–water partition coefficient (Wildman–Crippen LogP) is 3.16. The van der Waals surface area contributed by atoms with Gasteiger partial charge < -0.3 is 24.4 Å². The molecule has 0 aliphatic carbocycles. The summed E-state index contributed by atoms with van der Waals surface area (Å²) >= 11 is 0. The summed E-state index contributed by atoms with van der Waals surface area (Å²) < 4.78 is 15.8. The van der Waals surface area contributed by atoms with E-state index in [1.807, 2.05) is 43.3 Å². The molecule has 0 aromatic heterocycles. The normalized spacial score (nSPS) is 11.7. The highest BCUT2D eigenvalue weighted by Crippen LogP contribution is 2.27. The van der Waals surface area contributed by atoms with Crippen molar-refractivity contribution in [2.45, 2.75) is 26.5 Å². The maximum atomic E-state index is 12.2. The summed E-state index contributed by atoms with van der Waals surface area (Å²) in [4.78, 5) is 17.4. The van der Waals surface area contributed by atoms with Crippen molar-refractivity contribution < 1.29 is 23.8 Å². The highest BCUT2D eigenvalue weighted by molar-refractivity contribution is 5.81. The molecule has 0 aliphatic rings. The molecule has 1 unspecified atom stereocenters. The number of hydrogen-bond acceptors (Lipinski definition) is 6. The van der Waals surface area contributed by atoms with Crippen molar-refractivity contribution in [3.63, 3.8) is 0 Å². The second-order valence-corrected chi connectivity index (χ2v) is 5.89. The van der Waals surface area contributed by atoms with Crippen LogP contribution in [0.3, 0.4) is 0 Å². The molecule has 28 heavy (non-hydrogen) atoms. The van der Waals surface area contributed by atoms with Crippen LogP contribution in [0.15, 0.2) is 47.6 Å². The number of carbonyl (C=O) groups excluding carboxylic acids is 1. The standard InChI is InChI=1S/C21H26N2O5/c1-5-27-18-9-6-16(7-10-18)14-23-28-15(2)21(24)22-13-17-8-11-19(25-3)20(12-17)26-4/h6-12,14-15H,5,13H2,1-4H3,(H,22,24)/b23-14+. The van der Waals surface area contributed by atoms with E-state index in [-0.39, 0.29) is 5.91 Å². The van der Waals surface area contributed by atoms with Crippen LogP contribution in [-0.2, 0) is 16.2 Å². The lowest BCUT2D eigenvalue weighted by Gasteiger charge is -2.12. The van der Waals surface area contributed by atoms with Gasteiger partial charge in [0.25, 0.3) is 5.91 Å². The van der Waals surface area contributed by atoms with E-state index < -0.39 is 6.10 Å². The quantitative estimate of drug-likeness (QED) is 0.501. The van der Waals surface area contributed by atoms with Gasteiger partial charge in [-0.2, -0.15) is 0 Å². The minimum Gasteiger partial charge on any atom is -0.494 e. The minimum absolute atomic E-state index is 0.265. The van der Waals surface area contributed by atoms with Crippen molar-refractivity contribution >= 4 is 12.1 Å². The second kappa shape index (κ2) is 10.8. The molecule has 7 nitrogen and oxygen atoms in total. The van der Waals surface area contributed by atoms with Crippen LogP contribution in [0.4, 0.5) is 0 Å². The van der Waals surface area contributed by atoms with Gasteiger partial charge in [0, 0.05) is 6.54 Å². The Morgan fingerprint density at radius 2 is 1.82 bits per heavy atom. The summed E-state index contributed by atoms with van der Waals surface area (Å²) in [5, 5.41) is 6.69. The van der Waals surface area contributed by atoms with E-state index >= 15 is 0 Å². The SMILES string of the molecule is CCOc1ccc(/C=N/OC(C)C(=O)NCc2ccc(OC)c(OC)c2)cc1. The molecule has 7 heteroatoms. The molecule has 0 aliphatic heterocycles. The van der Waals surface area contributed by atoms with Crippen LogP contribution in [-0.4, -0.2) is 39.1 Å². The fraction of sp³-hybridized carbons (Fsp3) is 0.333. The van der Waals surface area contributed by atoms with Crippen LogP contribution in [0.25, 0.3) is 0 Å². The van der Waals surface area contributed by atoms with E-state index in [2.05, 4.69) is 10.5 Å². The van der Waals surface area contributed by atoms with Crippen molar-refractivity contribution in [1.82, 2.24) is 5.32 Å². The molecule has 1 amide bonds. The lowest BCUT2D eigenvalue weighted by molar-refractivity contribution is -0.131. The van der Waals surface area contributed by atoms with Gasteiger partial charge in [-0.15, -0.1) is 0 Å². The van der Waals surface area contributed by atoms with Crippen LogP contribution in [0, 0.1) is 0 Å². The Kier molecular flexibility index (Phi) is 8.14. The summed E-state index contributed by atoms with van der Waals surface area (Å²) in [7, 11) is 3.14. The maximum Gasteiger partial charge on any atom is 0.263 e. The van der Waals surface area contributed by atoms with Crippen molar-refractivity contribution in [2.24, 2.45) is 5.16 Å². The van der Waals surface area contributed by atoms with Gasteiger partial charge in [-0.3, -0.25) is 4.79 Å². The molecule has 1 N–H and O–H groups in total. The van der Waals surface area contributed by atoms with Crippen LogP contribution in [0.5, 0.6) is 17.2 Å². The third-order valence-electron chi connectivity index (χ3n) is 3.90. The van der Waals surface area contributed by atoms with E-state index in [9.17, 15) is 4.79 Å². The molecule has 0 heterocycles. The third kappa shape index (κ3) is 6.19. The van der Waals surface area contributed by atoms with Crippen LogP contribution < -0.4 is 19.5 Å². The number of methoxy groups -OCH3 is 2. The van der Waals surface area contributed by atoms with Gasteiger partial charge in [-0.25, -0.2) is 0 Å². The first-order valence-corrected chi connectivity index (χ1v) is 8.98. The van der Waals surface area contributed by atoms with E-state index in [4.69, 9.17) is 19.0 Å². The molecule has 2 rings (SSSR count). The third-order valence-corrected chi connectivity index (χ3v) is 3.90. The second-order valence-electron chi connectivity index (χ2n) is 5.89. The largest absolute Gasteiger partial charge is 0.494 e. The number of oxime groups is 1. The Balaban J connectivity index is 1.82. The monoisotopic (exact) mass is 386 g/mol. The molecule has 2 aromatic rings. The molecule has 1 atom stereocenters. The van der Waals surface area contributed by atoms with E-state index in [1.165, 1.54) is 0 Å². The van der Waals surface area contributed by atoms with Gasteiger partial charge in [0.15, 0.2) is 11.5 Å². The number of carbonyl (C=O) groups is 1. The molecule has 0 fully saturated rings. The van der Waals surface area contributed by atoms with Gasteiger partial charge >= 0.3 is 0 Å². The zero-order valence-corrected chi connectivity index (χ0v) is 16.6. The summed E-state index contributed by atoms with van der Waals surface area (Å²) in [6.45, 7) is 4.53. The van der Waals surface area contributed by atoms with Gasteiger partial charge in [0.2, 0.25) is 6.10 Å². The Morgan fingerprint density at radius 3 is 2.46 bits per heavy atom. The lowest BCUT2D eigenvalue weighted by Crippen LogP contribution is -2.33. The van der Waals surface area contributed by atoms with E-state index in [1.54, 1.807) is 33.4 Å². The zero-order valence-electron chi connectivity index (χ0n) is 16.6. The molecule has 2 aromatic carbocycles. The van der Waals surface area contributed by atoms with Crippen molar-refractivity contribution in [3.05, 3.63) is 53.6 Å². The minimum atomic E-state index is -0.723. The molecule has 0 saturated carbocycles. The van der Waals surface area contributed by atoms with Crippen LogP contribution in [0.1, 0.15) is 25.0 Å². The molecule has 0 saturated heterocycles. The Hall–Kier alpha value is -3.22. The Morgan fingerprint density at radius 1 is 1.11 bits per heavy atom. The van der Waals surface area contributed by atoms with Crippen molar-refractivity contribution in [3.8, 4) is 17.2 Å². The molecule has 0 spiro atoms. The van der Waals surface area contributed by atoms with Crippen LogP contribution >= 0.6 is 0 Å².